The summed E-state index contributed by atoms with van der Waals surface area (Å²) in [6, 6.07) is 9.58. The molecule has 0 spiro atoms. The molecule has 1 N–H and O–H groups in total. The third kappa shape index (κ3) is 3.02. The summed E-state index contributed by atoms with van der Waals surface area (Å²) in [5.41, 5.74) is 0.615. The fourth-order valence-corrected chi connectivity index (χ4v) is 3.83. The molecule has 0 saturated carbocycles. The number of rotatable bonds is 5. The van der Waals surface area contributed by atoms with Crippen LogP contribution in [0.5, 0.6) is 5.75 Å². The SMILES string of the molecule is COc1cccc(S(=O)(=O)NCC2Cn3cccc3C(=O)N2C)c1. The van der Waals surface area contributed by atoms with Crippen LogP contribution in [0.15, 0.2) is 47.5 Å². The highest BCUT2D eigenvalue weighted by Crippen LogP contribution is 2.19. The van der Waals surface area contributed by atoms with Gasteiger partial charge in [0.15, 0.2) is 0 Å². The summed E-state index contributed by atoms with van der Waals surface area (Å²) in [6.07, 6.45) is 1.82. The van der Waals surface area contributed by atoms with Crippen molar-refractivity contribution in [3.8, 4) is 5.75 Å². The van der Waals surface area contributed by atoms with Crippen molar-refractivity contribution in [2.45, 2.75) is 17.5 Å². The number of nitrogens with zero attached hydrogens (tertiary/aromatic N) is 2. The number of fused-ring (bicyclic) bond motifs is 1. The quantitative estimate of drug-likeness (QED) is 0.871. The average Bonchev–Trinajstić information content (AvgIpc) is 3.05. The molecule has 2 aromatic rings. The molecule has 1 aromatic heterocycles. The minimum absolute atomic E-state index is 0.114. The Bertz CT molecular complexity index is 860. The van der Waals surface area contributed by atoms with Crippen LogP contribution in [-0.4, -0.2) is 50.5 Å². The number of likely N-dealkylation sites (N-methyl/N-ethyl adjacent to an activating group) is 1. The molecule has 0 radical (unpaired) electrons. The standard InChI is InChI=1S/C16H19N3O4S/c1-18-12(11-19-8-4-7-15(19)16(18)20)10-17-24(21,22)14-6-3-5-13(9-14)23-2/h3-9,12,17H,10-11H2,1-2H3. The zero-order valence-corrected chi connectivity index (χ0v) is 14.3. The van der Waals surface area contributed by atoms with Crippen LogP contribution in [0.4, 0.5) is 0 Å². The molecular weight excluding hydrogens is 330 g/mol. The molecule has 7 nitrogen and oxygen atoms in total. The van der Waals surface area contributed by atoms with E-state index in [0.29, 0.717) is 18.0 Å². The number of methoxy groups -OCH3 is 1. The van der Waals surface area contributed by atoms with Crippen molar-refractivity contribution in [1.82, 2.24) is 14.2 Å². The maximum absolute atomic E-state index is 12.4. The van der Waals surface area contributed by atoms with Crippen molar-refractivity contribution < 1.29 is 17.9 Å². The minimum atomic E-state index is -3.67. The molecule has 1 atom stereocenters. The average molecular weight is 349 g/mol. The molecule has 128 valence electrons. The van der Waals surface area contributed by atoms with Gasteiger partial charge < -0.3 is 14.2 Å². The van der Waals surface area contributed by atoms with E-state index in [1.54, 1.807) is 30.1 Å². The molecule has 1 aromatic carbocycles. The van der Waals surface area contributed by atoms with Crippen LogP contribution in [-0.2, 0) is 16.6 Å². The minimum Gasteiger partial charge on any atom is -0.497 e. The van der Waals surface area contributed by atoms with E-state index < -0.39 is 10.0 Å². The molecule has 8 heteroatoms. The highest BCUT2D eigenvalue weighted by molar-refractivity contribution is 7.89. The smallest absolute Gasteiger partial charge is 0.270 e. The van der Waals surface area contributed by atoms with E-state index in [4.69, 9.17) is 4.74 Å². The summed E-state index contributed by atoms with van der Waals surface area (Å²) < 4.78 is 34.4. The van der Waals surface area contributed by atoms with Crippen molar-refractivity contribution in [1.29, 1.82) is 0 Å². The van der Waals surface area contributed by atoms with E-state index in [0.717, 1.165) is 0 Å². The van der Waals surface area contributed by atoms with Gasteiger partial charge >= 0.3 is 0 Å². The Morgan fingerprint density at radius 3 is 2.83 bits per heavy atom. The number of aromatic nitrogens is 1. The Kier molecular flexibility index (Phi) is 4.33. The lowest BCUT2D eigenvalue weighted by Crippen LogP contribution is -2.50. The zero-order valence-electron chi connectivity index (χ0n) is 13.5. The lowest BCUT2D eigenvalue weighted by molar-refractivity contribution is 0.0661. The summed E-state index contributed by atoms with van der Waals surface area (Å²) in [6.45, 7) is 0.685. The molecular formula is C16H19N3O4S. The first-order valence-electron chi connectivity index (χ1n) is 7.48. The van der Waals surface area contributed by atoms with Gasteiger partial charge in [-0.15, -0.1) is 0 Å². The van der Waals surface area contributed by atoms with Gasteiger partial charge in [-0.25, -0.2) is 13.1 Å². The van der Waals surface area contributed by atoms with Gasteiger partial charge in [0.25, 0.3) is 5.91 Å². The number of amides is 1. The van der Waals surface area contributed by atoms with Crippen LogP contribution in [0.25, 0.3) is 0 Å². The second-order valence-electron chi connectivity index (χ2n) is 5.65. The lowest BCUT2D eigenvalue weighted by atomic mass is 10.2. The number of nitrogens with one attached hydrogen (secondary N) is 1. The molecule has 1 unspecified atom stereocenters. The molecule has 24 heavy (non-hydrogen) atoms. The van der Waals surface area contributed by atoms with Gasteiger partial charge in [-0.05, 0) is 24.3 Å². The third-order valence-electron chi connectivity index (χ3n) is 4.18. The van der Waals surface area contributed by atoms with Crippen molar-refractivity contribution in [3.63, 3.8) is 0 Å². The summed E-state index contributed by atoms with van der Waals surface area (Å²) in [4.78, 5) is 14.0. The number of hydrogen-bond acceptors (Lipinski definition) is 4. The van der Waals surface area contributed by atoms with E-state index in [2.05, 4.69) is 4.72 Å². The molecule has 0 fully saturated rings. The Balaban J connectivity index is 1.74. The van der Waals surface area contributed by atoms with Crippen molar-refractivity contribution >= 4 is 15.9 Å². The van der Waals surface area contributed by atoms with Gasteiger partial charge in [0.05, 0.1) is 18.0 Å². The van der Waals surface area contributed by atoms with Gasteiger partial charge in [0.2, 0.25) is 10.0 Å². The Labute approximate surface area is 140 Å². The van der Waals surface area contributed by atoms with Crippen LogP contribution < -0.4 is 9.46 Å². The Hall–Kier alpha value is -2.32. The molecule has 3 rings (SSSR count). The third-order valence-corrected chi connectivity index (χ3v) is 5.61. The van der Waals surface area contributed by atoms with E-state index in [1.165, 1.54) is 19.2 Å². The number of carbonyl (C=O) groups excluding carboxylic acids is 1. The predicted molar refractivity (Wildman–Crippen MR) is 88.5 cm³/mol. The molecule has 0 bridgehead atoms. The van der Waals surface area contributed by atoms with E-state index in [9.17, 15) is 13.2 Å². The van der Waals surface area contributed by atoms with Crippen molar-refractivity contribution in [2.75, 3.05) is 20.7 Å². The van der Waals surface area contributed by atoms with Gasteiger partial charge in [0.1, 0.15) is 11.4 Å². The Morgan fingerprint density at radius 2 is 2.08 bits per heavy atom. The second-order valence-corrected chi connectivity index (χ2v) is 7.41. The highest BCUT2D eigenvalue weighted by atomic mass is 32.2. The molecule has 1 amide bonds. The molecule has 0 saturated heterocycles. The fraction of sp³-hybridized carbons (Fsp3) is 0.312. The number of benzene rings is 1. The largest absolute Gasteiger partial charge is 0.497 e. The maximum Gasteiger partial charge on any atom is 0.270 e. The van der Waals surface area contributed by atoms with Crippen LogP contribution in [0.1, 0.15) is 10.5 Å². The topological polar surface area (TPSA) is 80.6 Å². The molecule has 0 aliphatic carbocycles. The fourth-order valence-electron chi connectivity index (χ4n) is 2.72. The van der Waals surface area contributed by atoms with Gasteiger partial charge in [-0.2, -0.15) is 0 Å². The second kappa shape index (κ2) is 6.29. The summed E-state index contributed by atoms with van der Waals surface area (Å²) in [5, 5.41) is 0. The van der Waals surface area contributed by atoms with Gasteiger partial charge in [0, 0.05) is 32.4 Å². The number of ether oxygens (including phenoxy) is 1. The lowest BCUT2D eigenvalue weighted by Gasteiger charge is -2.33. The first-order chi connectivity index (χ1) is 11.4. The Morgan fingerprint density at radius 1 is 1.29 bits per heavy atom. The van der Waals surface area contributed by atoms with Gasteiger partial charge in [-0.3, -0.25) is 4.79 Å². The molecule has 1 aliphatic rings. The van der Waals surface area contributed by atoms with Crippen LogP contribution in [0.2, 0.25) is 0 Å². The highest BCUT2D eigenvalue weighted by Gasteiger charge is 2.30. The van der Waals surface area contributed by atoms with Gasteiger partial charge in [-0.1, -0.05) is 6.07 Å². The maximum atomic E-state index is 12.4. The monoisotopic (exact) mass is 349 g/mol. The molecule has 1 aliphatic heterocycles. The van der Waals surface area contributed by atoms with Crippen LogP contribution >= 0.6 is 0 Å². The number of hydrogen-bond donors (Lipinski definition) is 1. The predicted octanol–water partition coefficient (Wildman–Crippen LogP) is 0.929. The summed E-state index contributed by atoms with van der Waals surface area (Å²) in [7, 11) is -0.508. The molecule has 2 heterocycles. The van der Waals surface area contributed by atoms with Crippen molar-refractivity contribution in [3.05, 3.63) is 48.3 Å². The normalized spacial score (nSPS) is 17.7. The number of carbonyl (C=O) groups is 1. The van der Waals surface area contributed by atoms with Crippen LogP contribution in [0, 0.1) is 0 Å². The van der Waals surface area contributed by atoms with Crippen LogP contribution in [0.3, 0.4) is 0 Å². The van der Waals surface area contributed by atoms with E-state index >= 15 is 0 Å². The van der Waals surface area contributed by atoms with E-state index in [-0.39, 0.29) is 23.4 Å². The summed E-state index contributed by atoms with van der Waals surface area (Å²) >= 11 is 0. The zero-order chi connectivity index (χ0) is 17.3. The van der Waals surface area contributed by atoms with Crippen molar-refractivity contribution in [2.24, 2.45) is 0 Å². The summed E-state index contributed by atoms with van der Waals surface area (Å²) in [5.74, 6) is 0.358. The number of sulfonamides is 1. The first-order valence-corrected chi connectivity index (χ1v) is 8.97. The van der Waals surface area contributed by atoms with E-state index in [1.807, 2.05) is 16.8 Å². The first kappa shape index (κ1) is 16.5.